The second-order valence-electron chi connectivity index (χ2n) is 5.64. The number of halogens is 1. The highest BCUT2D eigenvalue weighted by Gasteiger charge is 2.17. The van der Waals surface area contributed by atoms with Crippen LogP contribution >= 0.6 is 12.4 Å². The number of piperidine rings is 1. The van der Waals surface area contributed by atoms with Crippen LogP contribution in [0.4, 0.5) is 0 Å². The molecule has 1 fully saturated rings. The topological polar surface area (TPSA) is 38.5 Å². The minimum atomic E-state index is 0. The largest absolute Gasteiger partial charge is 0.492 e. The van der Waals surface area contributed by atoms with Gasteiger partial charge < -0.3 is 10.5 Å². The van der Waals surface area contributed by atoms with Gasteiger partial charge in [-0.3, -0.25) is 4.90 Å². The molecule has 1 saturated heterocycles. The average Bonchev–Trinajstić information content (AvgIpc) is 2.43. The predicted molar refractivity (Wildman–Crippen MR) is 86.9 cm³/mol. The van der Waals surface area contributed by atoms with E-state index in [1.807, 2.05) is 0 Å². The summed E-state index contributed by atoms with van der Waals surface area (Å²) in [4.78, 5) is 2.48. The molecule has 0 aromatic heterocycles. The Balaban J connectivity index is 0.00000200. The van der Waals surface area contributed by atoms with Crippen molar-refractivity contribution in [1.29, 1.82) is 0 Å². The van der Waals surface area contributed by atoms with Crippen LogP contribution < -0.4 is 10.5 Å². The third-order valence-electron chi connectivity index (χ3n) is 4.05. The fourth-order valence-electron chi connectivity index (χ4n) is 2.59. The Bertz CT molecular complexity index is 403. The van der Waals surface area contributed by atoms with Gasteiger partial charge in [-0.2, -0.15) is 0 Å². The molecule has 20 heavy (non-hydrogen) atoms. The zero-order valence-corrected chi connectivity index (χ0v) is 13.4. The Hall–Kier alpha value is -0.770. The van der Waals surface area contributed by atoms with Gasteiger partial charge in [0.2, 0.25) is 0 Å². The van der Waals surface area contributed by atoms with Gasteiger partial charge in [0.25, 0.3) is 0 Å². The first kappa shape index (κ1) is 17.3. The molecule has 1 aromatic carbocycles. The molecule has 0 unspecified atom stereocenters. The fraction of sp³-hybridized carbons (Fsp3) is 0.625. The quantitative estimate of drug-likeness (QED) is 0.908. The van der Waals surface area contributed by atoms with Gasteiger partial charge in [0.1, 0.15) is 12.4 Å². The summed E-state index contributed by atoms with van der Waals surface area (Å²) in [6, 6.07) is 6.37. The Labute approximate surface area is 128 Å². The van der Waals surface area contributed by atoms with Crippen LogP contribution in [0.3, 0.4) is 0 Å². The number of nitrogens with zero attached hydrogens (tertiary/aromatic N) is 1. The molecule has 3 nitrogen and oxygen atoms in total. The minimum absolute atomic E-state index is 0. The molecular weight excluding hydrogens is 272 g/mol. The van der Waals surface area contributed by atoms with E-state index in [0.717, 1.165) is 44.5 Å². The van der Waals surface area contributed by atoms with E-state index in [1.165, 1.54) is 24.0 Å². The molecule has 1 aliphatic rings. The Kier molecular flexibility index (Phi) is 7.35. The van der Waals surface area contributed by atoms with Crippen LogP contribution in [-0.4, -0.2) is 37.7 Å². The maximum absolute atomic E-state index is 5.91. The molecule has 114 valence electrons. The number of hydrogen-bond donors (Lipinski definition) is 1. The van der Waals surface area contributed by atoms with Crippen LogP contribution in [0, 0.1) is 19.8 Å². The molecule has 1 aliphatic heterocycles. The van der Waals surface area contributed by atoms with E-state index in [0.29, 0.717) is 0 Å². The Morgan fingerprint density at radius 2 is 1.95 bits per heavy atom. The SMILES string of the molecule is Cc1ccc(C)c(OCCN2CCC(CN)CC2)c1.Cl. The molecule has 0 spiro atoms. The number of rotatable bonds is 5. The van der Waals surface area contributed by atoms with E-state index in [2.05, 4.69) is 36.9 Å². The van der Waals surface area contributed by atoms with Crippen molar-refractivity contribution < 1.29 is 4.74 Å². The molecule has 1 aromatic rings. The zero-order valence-electron chi connectivity index (χ0n) is 12.6. The first-order valence-corrected chi connectivity index (χ1v) is 7.31. The molecule has 0 amide bonds. The number of aryl methyl sites for hydroxylation is 2. The summed E-state index contributed by atoms with van der Waals surface area (Å²) in [6.45, 7) is 9.16. The summed E-state index contributed by atoms with van der Waals surface area (Å²) >= 11 is 0. The summed E-state index contributed by atoms with van der Waals surface area (Å²) in [5.74, 6) is 1.76. The summed E-state index contributed by atoms with van der Waals surface area (Å²) < 4.78 is 5.91. The zero-order chi connectivity index (χ0) is 13.7. The Morgan fingerprint density at radius 3 is 2.60 bits per heavy atom. The van der Waals surface area contributed by atoms with Gasteiger partial charge >= 0.3 is 0 Å². The Morgan fingerprint density at radius 1 is 1.25 bits per heavy atom. The highest BCUT2D eigenvalue weighted by atomic mass is 35.5. The van der Waals surface area contributed by atoms with Gasteiger partial charge in [0, 0.05) is 6.54 Å². The maximum atomic E-state index is 5.91. The third kappa shape index (κ3) is 4.97. The van der Waals surface area contributed by atoms with Crippen LogP contribution in [0.5, 0.6) is 5.75 Å². The van der Waals surface area contributed by atoms with Crippen molar-refractivity contribution in [3.05, 3.63) is 29.3 Å². The molecule has 4 heteroatoms. The van der Waals surface area contributed by atoms with E-state index < -0.39 is 0 Å². The maximum Gasteiger partial charge on any atom is 0.122 e. The van der Waals surface area contributed by atoms with Gasteiger partial charge in [0.15, 0.2) is 0 Å². The summed E-state index contributed by atoms with van der Waals surface area (Å²) in [5, 5.41) is 0. The van der Waals surface area contributed by atoms with Crippen LogP contribution in [0.25, 0.3) is 0 Å². The van der Waals surface area contributed by atoms with E-state index in [9.17, 15) is 0 Å². The average molecular weight is 299 g/mol. The third-order valence-corrected chi connectivity index (χ3v) is 4.05. The van der Waals surface area contributed by atoms with E-state index in [1.54, 1.807) is 0 Å². The predicted octanol–water partition coefficient (Wildman–Crippen LogP) is 2.77. The molecule has 0 bridgehead atoms. The van der Waals surface area contributed by atoms with Crippen molar-refractivity contribution in [3.8, 4) is 5.75 Å². The monoisotopic (exact) mass is 298 g/mol. The van der Waals surface area contributed by atoms with Crippen LogP contribution in [-0.2, 0) is 0 Å². The number of ether oxygens (including phenoxy) is 1. The molecule has 0 atom stereocenters. The second-order valence-corrected chi connectivity index (χ2v) is 5.64. The number of nitrogens with two attached hydrogens (primary N) is 1. The lowest BCUT2D eigenvalue weighted by Gasteiger charge is -2.31. The minimum Gasteiger partial charge on any atom is -0.492 e. The van der Waals surface area contributed by atoms with Gasteiger partial charge in [-0.1, -0.05) is 12.1 Å². The molecule has 0 saturated carbocycles. The first-order valence-electron chi connectivity index (χ1n) is 7.31. The standard InChI is InChI=1S/C16H26N2O.ClH/c1-13-3-4-14(2)16(11-13)19-10-9-18-7-5-15(12-17)6-8-18;/h3-4,11,15H,5-10,12,17H2,1-2H3;1H. The second kappa shape index (κ2) is 8.50. The summed E-state index contributed by atoms with van der Waals surface area (Å²) in [7, 11) is 0. The normalized spacial score (nSPS) is 16.8. The van der Waals surface area contributed by atoms with Crippen molar-refractivity contribution in [1.82, 2.24) is 4.90 Å². The molecule has 2 N–H and O–H groups in total. The lowest BCUT2D eigenvalue weighted by molar-refractivity contribution is 0.157. The van der Waals surface area contributed by atoms with Gasteiger partial charge in [-0.15, -0.1) is 12.4 Å². The van der Waals surface area contributed by atoms with E-state index >= 15 is 0 Å². The smallest absolute Gasteiger partial charge is 0.122 e. The molecular formula is C16H27ClN2O. The van der Waals surface area contributed by atoms with Crippen molar-refractivity contribution in [2.45, 2.75) is 26.7 Å². The highest BCUT2D eigenvalue weighted by molar-refractivity contribution is 5.85. The molecule has 1 heterocycles. The van der Waals surface area contributed by atoms with Gasteiger partial charge in [-0.05, 0) is 69.4 Å². The van der Waals surface area contributed by atoms with Crippen molar-refractivity contribution in [2.24, 2.45) is 11.7 Å². The lowest BCUT2D eigenvalue weighted by atomic mass is 9.97. The molecule has 0 radical (unpaired) electrons. The summed E-state index contributed by atoms with van der Waals surface area (Å²) in [5.41, 5.74) is 8.18. The number of hydrogen-bond acceptors (Lipinski definition) is 3. The van der Waals surface area contributed by atoms with Crippen molar-refractivity contribution >= 4 is 12.4 Å². The van der Waals surface area contributed by atoms with Crippen molar-refractivity contribution in [3.63, 3.8) is 0 Å². The van der Waals surface area contributed by atoms with Crippen molar-refractivity contribution in [2.75, 3.05) is 32.8 Å². The van der Waals surface area contributed by atoms with E-state index in [4.69, 9.17) is 10.5 Å². The highest BCUT2D eigenvalue weighted by Crippen LogP contribution is 2.19. The van der Waals surface area contributed by atoms with Crippen LogP contribution in [0.2, 0.25) is 0 Å². The molecule has 0 aliphatic carbocycles. The first-order chi connectivity index (χ1) is 9.19. The number of benzene rings is 1. The number of likely N-dealkylation sites (tertiary alicyclic amines) is 1. The lowest BCUT2D eigenvalue weighted by Crippen LogP contribution is -2.38. The van der Waals surface area contributed by atoms with Crippen LogP contribution in [0.15, 0.2) is 18.2 Å². The fourth-order valence-corrected chi connectivity index (χ4v) is 2.59. The van der Waals surface area contributed by atoms with E-state index in [-0.39, 0.29) is 12.4 Å². The molecule has 2 rings (SSSR count). The summed E-state index contributed by atoms with van der Waals surface area (Å²) in [6.07, 6.45) is 2.47. The van der Waals surface area contributed by atoms with Gasteiger partial charge in [0.05, 0.1) is 0 Å². The van der Waals surface area contributed by atoms with Gasteiger partial charge in [-0.25, -0.2) is 0 Å². The van der Waals surface area contributed by atoms with Crippen LogP contribution in [0.1, 0.15) is 24.0 Å².